The Morgan fingerprint density at radius 3 is 2.71 bits per heavy atom. The highest BCUT2D eigenvalue weighted by Crippen LogP contribution is 2.24. The Morgan fingerprint density at radius 1 is 1.41 bits per heavy atom. The Balaban J connectivity index is 2.98. The van der Waals surface area contributed by atoms with Crippen LogP contribution >= 0.6 is 11.6 Å². The predicted octanol–water partition coefficient (Wildman–Crippen LogP) is 2.84. The van der Waals surface area contributed by atoms with Crippen LogP contribution in [0.25, 0.3) is 0 Å². The topological polar surface area (TPSA) is 43.4 Å². The number of ether oxygens (including phenoxy) is 1. The smallest absolute Gasteiger partial charge is 0.158 e. The SMILES string of the molecule is CC=CCS(=O)(=O)Cc1cc(Cl)ccc1OC. The van der Waals surface area contributed by atoms with Crippen LogP contribution in [0.4, 0.5) is 0 Å². The maximum absolute atomic E-state index is 11.8. The summed E-state index contributed by atoms with van der Waals surface area (Å²) in [6, 6.07) is 4.96. The van der Waals surface area contributed by atoms with Crippen molar-refractivity contribution in [2.75, 3.05) is 12.9 Å². The van der Waals surface area contributed by atoms with Gasteiger partial charge in [-0.05, 0) is 25.1 Å². The zero-order valence-corrected chi connectivity index (χ0v) is 11.4. The lowest BCUT2D eigenvalue weighted by molar-refractivity contribution is 0.411. The molecular formula is C12H15ClO3S. The minimum absolute atomic E-state index is 0.0270. The summed E-state index contributed by atoms with van der Waals surface area (Å²) >= 11 is 5.84. The van der Waals surface area contributed by atoms with E-state index < -0.39 is 9.84 Å². The van der Waals surface area contributed by atoms with Gasteiger partial charge in [-0.3, -0.25) is 0 Å². The van der Waals surface area contributed by atoms with Crippen molar-refractivity contribution in [2.24, 2.45) is 0 Å². The van der Waals surface area contributed by atoms with Crippen molar-refractivity contribution < 1.29 is 13.2 Å². The lowest BCUT2D eigenvalue weighted by atomic mass is 10.2. The molecule has 0 amide bonds. The van der Waals surface area contributed by atoms with Crippen LogP contribution in [0.2, 0.25) is 5.02 Å². The Labute approximate surface area is 107 Å². The van der Waals surface area contributed by atoms with Crippen LogP contribution in [0.3, 0.4) is 0 Å². The molecule has 0 saturated carbocycles. The van der Waals surface area contributed by atoms with E-state index in [9.17, 15) is 8.42 Å². The number of benzene rings is 1. The van der Waals surface area contributed by atoms with Crippen LogP contribution in [-0.2, 0) is 15.6 Å². The largest absolute Gasteiger partial charge is 0.496 e. The summed E-state index contributed by atoms with van der Waals surface area (Å²) < 4.78 is 28.7. The summed E-state index contributed by atoms with van der Waals surface area (Å²) in [5, 5.41) is 0.502. The Kier molecular flexibility index (Phi) is 5.02. The lowest BCUT2D eigenvalue weighted by Gasteiger charge is -2.08. The van der Waals surface area contributed by atoms with E-state index in [1.165, 1.54) is 7.11 Å². The molecule has 1 rings (SSSR count). The summed E-state index contributed by atoms with van der Waals surface area (Å²) in [6.07, 6.45) is 3.33. The van der Waals surface area contributed by atoms with Crippen molar-refractivity contribution in [3.05, 3.63) is 40.9 Å². The molecule has 0 unspecified atom stereocenters. The van der Waals surface area contributed by atoms with E-state index in [1.807, 2.05) is 0 Å². The summed E-state index contributed by atoms with van der Waals surface area (Å²) in [6.45, 7) is 1.79. The summed E-state index contributed by atoms with van der Waals surface area (Å²) in [4.78, 5) is 0. The van der Waals surface area contributed by atoms with Crippen LogP contribution in [0, 0.1) is 0 Å². The lowest BCUT2D eigenvalue weighted by Crippen LogP contribution is -2.08. The molecule has 5 heteroatoms. The molecule has 0 bridgehead atoms. The van der Waals surface area contributed by atoms with Crippen LogP contribution in [-0.4, -0.2) is 21.3 Å². The third-order valence-corrected chi connectivity index (χ3v) is 3.89. The highest BCUT2D eigenvalue weighted by Gasteiger charge is 2.14. The van der Waals surface area contributed by atoms with E-state index in [0.717, 1.165) is 0 Å². The second-order valence-electron chi connectivity index (χ2n) is 3.58. The fourth-order valence-electron chi connectivity index (χ4n) is 1.40. The Morgan fingerprint density at radius 2 is 2.12 bits per heavy atom. The molecule has 1 aromatic carbocycles. The fourth-order valence-corrected chi connectivity index (χ4v) is 2.90. The quantitative estimate of drug-likeness (QED) is 0.776. The van der Waals surface area contributed by atoms with Gasteiger partial charge in [-0.2, -0.15) is 0 Å². The molecule has 17 heavy (non-hydrogen) atoms. The van der Waals surface area contributed by atoms with Crippen LogP contribution in [0.1, 0.15) is 12.5 Å². The van der Waals surface area contributed by atoms with Crippen molar-refractivity contribution in [3.8, 4) is 5.75 Å². The first-order valence-corrected chi connectivity index (χ1v) is 7.32. The molecule has 0 spiro atoms. The first-order valence-electron chi connectivity index (χ1n) is 5.12. The molecule has 0 aliphatic heterocycles. The van der Waals surface area contributed by atoms with Gasteiger partial charge in [0.15, 0.2) is 9.84 Å². The molecule has 0 saturated heterocycles. The first kappa shape index (κ1) is 14.1. The molecule has 0 fully saturated rings. The normalized spacial score (nSPS) is 11.9. The van der Waals surface area contributed by atoms with Gasteiger partial charge in [0.2, 0.25) is 0 Å². The van der Waals surface area contributed by atoms with Crippen molar-refractivity contribution in [1.82, 2.24) is 0 Å². The van der Waals surface area contributed by atoms with Crippen molar-refractivity contribution in [2.45, 2.75) is 12.7 Å². The van der Waals surface area contributed by atoms with Crippen molar-refractivity contribution in [1.29, 1.82) is 0 Å². The van der Waals surface area contributed by atoms with Gasteiger partial charge >= 0.3 is 0 Å². The maximum atomic E-state index is 11.8. The van der Waals surface area contributed by atoms with Crippen LogP contribution in [0.15, 0.2) is 30.4 Å². The van der Waals surface area contributed by atoms with Gasteiger partial charge in [0, 0.05) is 10.6 Å². The number of hydrogen-bond acceptors (Lipinski definition) is 3. The van der Waals surface area contributed by atoms with Gasteiger partial charge in [0.25, 0.3) is 0 Å². The Hall–Kier alpha value is -1.00. The first-order chi connectivity index (χ1) is 7.98. The van der Waals surface area contributed by atoms with Gasteiger partial charge in [0.1, 0.15) is 5.75 Å². The molecule has 3 nitrogen and oxygen atoms in total. The third kappa shape index (κ3) is 4.40. The fraction of sp³-hybridized carbons (Fsp3) is 0.333. The zero-order chi connectivity index (χ0) is 12.9. The highest BCUT2D eigenvalue weighted by molar-refractivity contribution is 7.90. The Bertz CT molecular complexity index is 506. The number of methoxy groups -OCH3 is 1. The van der Waals surface area contributed by atoms with E-state index in [1.54, 1.807) is 37.3 Å². The minimum Gasteiger partial charge on any atom is -0.496 e. The van der Waals surface area contributed by atoms with E-state index in [2.05, 4.69) is 0 Å². The average Bonchev–Trinajstić information content (AvgIpc) is 2.26. The number of allylic oxidation sites excluding steroid dienone is 1. The van der Waals surface area contributed by atoms with E-state index in [0.29, 0.717) is 16.3 Å². The molecule has 0 aliphatic carbocycles. The van der Waals surface area contributed by atoms with Gasteiger partial charge in [-0.25, -0.2) is 8.42 Å². The number of halogens is 1. The van der Waals surface area contributed by atoms with Gasteiger partial charge in [-0.15, -0.1) is 0 Å². The molecule has 0 aliphatic rings. The molecule has 0 N–H and O–H groups in total. The number of hydrogen-bond donors (Lipinski definition) is 0. The van der Waals surface area contributed by atoms with Gasteiger partial charge < -0.3 is 4.74 Å². The molecular weight excluding hydrogens is 260 g/mol. The van der Waals surface area contributed by atoms with Crippen molar-refractivity contribution >= 4 is 21.4 Å². The van der Waals surface area contributed by atoms with Gasteiger partial charge in [0.05, 0.1) is 18.6 Å². The second kappa shape index (κ2) is 6.07. The molecule has 0 aromatic heterocycles. The number of sulfone groups is 1. The van der Waals surface area contributed by atoms with Gasteiger partial charge in [-0.1, -0.05) is 23.8 Å². The third-order valence-electron chi connectivity index (χ3n) is 2.20. The summed E-state index contributed by atoms with van der Waals surface area (Å²) in [5.41, 5.74) is 0.588. The molecule has 0 atom stereocenters. The minimum atomic E-state index is -3.17. The number of rotatable bonds is 5. The molecule has 0 radical (unpaired) electrons. The van der Waals surface area contributed by atoms with Crippen molar-refractivity contribution in [3.63, 3.8) is 0 Å². The van der Waals surface area contributed by atoms with E-state index in [-0.39, 0.29) is 11.5 Å². The predicted molar refractivity (Wildman–Crippen MR) is 70.3 cm³/mol. The highest BCUT2D eigenvalue weighted by atomic mass is 35.5. The average molecular weight is 275 g/mol. The molecule has 94 valence electrons. The van der Waals surface area contributed by atoms with E-state index >= 15 is 0 Å². The zero-order valence-electron chi connectivity index (χ0n) is 9.81. The second-order valence-corrected chi connectivity index (χ2v) is 6.13. The van der Waals surface area contributed by atoms with E-state index in [4.69, 9.17) is 16.3 Å². The molecule has 1 aromatic rings. The summed E-state index contributed by atoms with van der Waals surface area (Å²) in [5.74, 6) is 0.499. The van der Waals surface area contributed by atoms with Crippen LogP contribution < -0.4 is 4.74 Å². The monoisotopic (exact) mass is 274 g/mol. The standard InChI is InChI=1S/C12H15ClO3S/c1-3-4-7-17(14,15)9-10-8-11(13)5-6-12(10)16-2/h3-6,8H,7,9H2,1-2H3. The molecule has 0 heterocycles. The maximum Gasteiger partial charge on any atom is 0.158 e. The van der Waals surface area contributed by atoms with Crippen LogP contribution in [0.5, 0.6) is 5.75 Å². The summed E-state index contributed by atoms with van der Waals surface area (Å²) in [7, 11) is -1.67.